The van der Waals surface area contributed by atoms with Gasteiger partial charge in [0.05, 0.1) is 6.10 Å². The van der Waals surface area contributed by atoms with E-state index in [-0.39, 0.29) is 6.10 Å². The van der Waals surface area contributed by atoms with Crippen molar-refractivity contribution in [2.75, 3.05) is 19.6 Å². The predicted molar refractivity (Wildman–Crippen MR) is 78.7 cm³/mol. The van der Waals surface area contributed by atoms with Crippen LogP contribution in [0.5, 0.6) is 0 Å². The molecule has 18 heavy (non-hydrogen) atoms. The van der Waals surface area contributed by atoms with Crippen molar-refractivity contribution in [2.24, 2.45) is 17.8 Å². The van der Waals surface area contributed by atoms with Crippen LogP contribution in [0.3, 0.4) is 0 Å². The Morgan fingerprint density at radius 1 is 1.22 bits per heavy atom. The van der Waals surface area contributed by atoms with Gasteiger partial charge in [-0.1, -0.05) is 40.5 Å². The second-order valence-electron chi connectivity index (χ2n) is 6.28. The van der Waals surface area contributed by atoms with Crippen molar-refractivity contribution in [3.05, 3.63) is 0 Å². The highest BCUT2D eigenvalue weighted by Gasteiger charge is 2.29. The molecule has 1 fully saturated rings. The smallest absolute Gasteiger partial charge is 0.0580 e. The maximum Gasteiger partial charge on any atom is 0.0580 e. The van der Waals surface area contributed by atoms with Gasteiger partial charge >= 0.3 is 0 Å². The zero-order valence-corrected chi connectivity index (χ0v) is 12.9. The van der Waals surface area contributed by atoms with E-state index in [1.165, 1.54) is 32.2 Å². The molecule has 4 unspecified atom stereocenters. The predicted octanol–water partition coefficient (Wildman–Crippen LogP) is 3.54. The van der Waals surface area contributed by atoms with Crippen LogP contribution in [-0.2, 0) is 0 Å². The quantitative estimate of drug-likeness (QED) is 0.752. The molecule has 0 saturated heterocycles. The number of hydrogen-bond acceptors (Lipinski definition) is 2. The molecular weight excluding hydrogens is 222 g/mol. The maximum absolute atomic E-state index is 10.2. The molecule has 1 N–H and O–H groups in total. The molecular formula is C16H33NO. The molecule has 2 heteroatoms. The summed E-state index contributed by atoms with van der Waals surface area (Å²) in [6, 6.07) is 0. The minimum absolute atomic E-state index is 0.0567. The van der Waals surface area contributed by atoms with E-state index >= 15 is 0 Å². The van der Waals surface area contributed by atoms with Crippen molar-refractivity contribution in [3.63, 3.8) is 0 Å². The number of hydrogen-bond donors (Lipinski definition) is 1. The van der Waals surface area contributed by atoms with E-state index in [2.05, 4.69) is 32.6 Å². The van der Waals surface area contributed by atoms with Gasteiger partial charge in [0.1, 0.15) is 0 Å². The molecule has 2 nitrogen and oxygen atoms in total. The first-order valence-electron chi connectivity index (χ1n) is 8.00. The van der Waals surface area contributed by atoms with Crippen LogP contribution in [-0.4, -0.2) is 35.7 Å². The van der Waals surface area contributed by atoms with Gasteiger partial charge in [0.25, 0.3) is 0 Å². The van der Waals surface area contributed by atoms with E-state index < -0.39 is 0 Å². The van der Waals surface area contributed by atoms with Gasteiger partial charge in [-0.3, -0.25) is 0 Å². The summed E-state index contributed by atoms with van der Waals surface area (Å²) in [5.74, 6) is 2.13. The molecule has 0 aromatic rings. The van der Waals surface area contributed by atoms with Gasteiger partial charge < -0.3 is 10.0 Å². The minimum atomic E-state index is -0.0567. The molecule has 4 atom stereocenters. The Hall–Kier alpha value is -0.0800. The van der Waals surface area contributed by atoms with Crippen LogP contribution in [0.2, 0.25) is 0 Å². The maximum atomic E-state index is 10.2. The summed E-state index contributed by atoms with van der Waals surface area (Å²) in [7, 11) is 0. The molecule has 0 aromatic heterocycles. The molecule has 1 aliphatic rings. The summed E-state index contributed by atoms with van der Waals surface area (Å²) in [6.45, 7) is 12.5. The highest BCUT2D eigenvalue weighted by atomic mass is 16.3. The van der Waals surface area contributed by atoms with Gasteiger partial charge in [0.15, 0.2) is 0 Å². The summed E-state index contributed by atoms with van der Waals surface area (Å²) in [5, 5.41) is 10.2. The second kappa shape index (κ2) is 8.16. The van der Waals surface area contributed by atoms with Gasteiger partial charge in [-0.05, 0) is 43.6 Å². The lowest BCUT2D eigenvalue weighted by atomic mass is 9.78. The normalized spacial score (nSPS) is 30.7. The summed E-state index contributed by atoms with van der Waals surface area (Å²) >= 11 is 0. The number of rotatable bonds is 7. The van der Waals surface area contributed by atoms with E-state index in [0.717, 1.165) is 31.3 Å². The molecule has 0 spiro atoms. The van der Waals surface area contributed by atoms with Crippen LogP contribution in [0.25, 0.3) is 0 Å². The number of nitrogens with zero attached hydrogens (tertiary/aromatic N) is 1. The molecule has 0 radical (unpaired) electrons. The first kappa shape index (κ1) is 16.0. The lowest BCUT2D eigenvalue weighted by Gasteiger charge is -2.36. The van der Waals surface area contributed by atoms with Gasteiger partial charge in [-0.2, -0.15) is 0 Å². The Kier molecular flexibility index (Phi) is 7.25. The van der Waals surface area contributed by atoms with Crippen LogP contribution >= 0.6 is 0 Å². The second-order valence-corrected chi connectivity index (χ2v) is 6.28. The van der Waals surface area contributed by atoms with E-state index in [0.29, 0.717) is 5.92 Å². The Labute approximate surface area is 114 Å². The minimum Gasteiger partial charge on any atom is -0.393 e. The average Bonchev–Trinajstić information content (AvgIpc) is 2.39. The number of aliphatic hydroxyl groups is 1. The van der Waals surface area contributed by atoms with E-state index in [9.17, 15) is 5.11 Å². The van der Waals surface area contributed by atoms with Crippen molar-refractivity contribution in [1.82, 2.24) is 4.90 Å². The molecule has 0 heterocycles. The van der Waals surface area contributed by atoms with Crippen molar-refractivity contribution >= 4 is 0 Å². The van der Waals surface area contributed by atoms with Gasteiger partial charge in [-0.15, -0.1) is 0 Å². The third-order valence-corrected chi connectivity index (χ3v) is 4.83. The molecule has 0 aliphatic heterocycles. The monoisotopic (exact) mass is 255 g/mol. The first-order chi connectivity index (χ1) is 8.60. The highest BCUT2D eigenvalue weighted by molar-refractivity contribution is 4.81. The van der Waals surface area contributed by atoms with Crippen molar-refractivity contribution < 1.29 is 5.11 Å². The molecule has 0 aromatic carbocycles. The Morgan fingerprint density at radius 2 is 1.94 bits per heavy atom. The highest BCUT2D eigenvalue weighted by Crippen LogP contribution is 2.32. The van der Waals surface area contributed by atoms with Crippen molar-refractivity contribution in [2.45, 2.75) is 65.9 Å². The van der Waals surface area contributed by atoms with Crippen LogP contribution in [0.15, 0.2) is 0 Å². The van der Waals surface area contributed by atoms with E-state index in [4.69, 9.17) is 0 Å². The molecule has 0 amide bonds. The van der Waals surface area contributed by atoms with Crippen molar-refractivity contribution in [1.29, 1.82) is 0 Å². The van der Waals surface area contributed by atoms with Crippen LogP contribution in [0, 0.1) is 17.8 Å². The van der Waals surface area contributed by atoms with Crippen LogP contribution in [0.4, 0.5) is 0 Å². The van der Waals surface area contributed by atoms with Crippen LogP contribution in [0.1, 0.15) is 59.8 Å². The van der Waals surface area contributed by atoms with E-state index in [1.54, 1.807) is 0 Å². The average molecular weight is 255 g/mol. The first-order valence-corrected chi connectivity index (χ1v) is 8.00. The van der Waals surface area contributed by atoms with Crippen LogP contribution < -0.4 is 0 Å². The summed E-state index contributed by atoms with van der Waals surface area (Å²) in [6.07, 6.45) is 5.95. The standard InChI is InChI=1S/C16H33NO/c1-5-13(4)11-17(7-3)12-15-10-14(6-2)8-9-16(15)18/h13-16,18H,5-12H2,1-4H3. The molecule has 108 valence electrons. The fourth-order valence-electron chi connectivity index (χ4n) is 3.15. The molecule has 1 saturated carbocycles. The third-order valence-electron chi connectivity index (χ3n) is 4.83. The Morgan fingerprint density at radius 3 is 2.50 bits per heavy atom. The lowest BCUT2D eigenvalue weighted by Crippen LogP contribution is -2.40. The number of aliphatic hydroxyl groups excluding tert-OH is 1. The zero-order chi connectivity index (χ0) is 13.5. The third kappa shape index (κ3) is 4.89. The van der Waals surface area contributed by atoms with Gasteiger partial charge in [0.2, 0.25) is 0 Å². The summed E-state index contributed by atoms with van der Waals surface area (Å²) in [5.41, 5.74) is 0. The molecule has 1 rings (SSSR count). The van der Waals surface area contributed by atoms with Gasteiger partial charge in [0, 0.05) is 13.1 Å². The Bertz CT molecular complexity index is 219. The Balaban J connectivity index is 2.45. The SMILES string of the molecule is CCC(C)CN(CC)CC1CC(CC)CCC1O. The van der Waals surface area contributed by atoms with Crippen molar-refractivity contribution in [3.8, 4) is 0 Å². The molecule has 0 bridgehead atoms. The summed E-state index contributed by atoms with van der Waals surface area (Å²) < 4.78 is 0. The fraction of sp³-hybridized carbons (Fsp3) is 1.00. The van der Waals surface area contributed by atoms with E-state index in [1.807, 2.05) is 0 Å². The molecule has 1 aliphatic carbocycles. The van der Waals surface area contributed by atoms with Gasteiger partial charge in [-0.25, -0.2) is 0 Å². The summed E-state index contributed by atoms with van der Waals surface area (Å²) in [4.78, 5) is 2.54. The lowest BCUT2D eigenvalue weighted by molar-refractivity contribution is 0.0252. The zero-order valence-electron chi connectivity index (χ0n) is 12.9. The topological polar surface area (TPSA) is 23.5 Å². The largest absolute Gasteiger partial charge is 0.393 e. The fourth-order valence-corrected chi connectivity index (χ4v) is 3.15.